The maximum Gasteiger partial charge on any atom is 0.271 e. The molecule has 1 N–H and O–H groups in total. The van der Waals surface area contributed by atoms with Crippen molar-refractivity contribution in [1.82, 2.24) is 0 Å². The summed E-state index contributed by atoms with van der Waals surface area (Å²) >= 11 is 9.79. The van der Waals surface area contributed by atoms with Crippen molar-refractivity contribution in [3.05, 3.63) is 50.3 Å². The lowest BCUT2D eigenvalue weighted by molar-refractivity contribution is -0.384. The zero-order chi connectivity index (χ0) is 15.0. The summed E-state index contributed by atoms with van der Waals surface area (Å²) in [7, 11) is 0. The minimum atomic E-state index is -0.406. The molecular formula is C14H13ClN2O2S2. The van der Waals surface area contributed by atoms with Gasteiger partial charge in [0.25, 0.3) is 5.69 Å². The molecular weight excluding hydrogens is 328 g/mol. The Morgan fingerprint density at radius 1 is 1.43 bits per heavy atom. The zero-order valence-electron chi connectivity index (χ0n) is 11.2. The average Bonchev–Trinajstić information content (AvgIpc) is 2.89. The van der Waals surface area contributed by atoms with Gasteiger partial charge in [-0.1, -0.05) is 18.5 Å². The van der Waals surface area contributed by atoms with Crippen LogP contribution >= 0.6 is 34.7 Å². The Labute approximate surface area is 135 Å². The Balaban J connectivity index is 1.91. The SMILES string of the molecule is C[C@H]1CC(Nc2cc([N+](=O)[O-])ccc2Cl)c2ccsc2S1. The lowest BCUT2D eigenvalue weighted by Crippen LogP contribution is -2.19. The van der Waals surface area contributed by atoms with Crippen LogP contribution in [-0.2, 0) is 0 Å². The number of non-ortho nitro benzene ring substituents is 1. The van der Waals surface area contributed by atoms with Crippen LogP contribution in [-0.4, -0.2) is 10.2 Å². The summed E-state index contributed by atoms with van der Waals surface area (Å²) in [5.41, 5.74) is 1.92. The van der Waals surface area contributed by atoms with Crippen molar-refractivity contribution in [2.75, 3.05) is 5.32 Å². The van der Waals surface area contributed by atoms with Crippen LogP contribution < -0.4 is 5.32 Å². The molecule has 0 fully saturated rings. The van der Waals surface area contributed by atoms with Crippen LogP contribution in [0.25, 0.3) is 0 Å². The van der Waals surface area contributed by atoms with Gasteiger partial charge in [-0.3, -0.25) is 10.1 Å². The summed E-state index contributed by atoms with van der Waals surface area (Å²) in [4.78, 5) is 10.5. The molecule has 1 aliphatic rings. The number of nitrogens with zero attached hydrogens (tertiary/aromatic N) is 1. The number of thioether (sulfide) groups is 1. The lowest BCUT2D eigenvalue weighted by atomic mass is 10.0. The van der Waals surface area contributed by atoms with Gasteiger partial charge in [0.2, 0.25) is 0 Å². The van der Waals surface area contributed by atoms with Crippen LogP contribution in [0, 0.1) is 10.1 Å². The number of nitro benzene ring substituents is 1. The molecule has 3 rings (SSSR count). The van der Waals surface area contributed by atoms with Gasteiger partial charge in [0.1, 0.15) is 0 Å². The Morgan fingerprint density at radius 2 is 2.24 bits per heavy atom. The monoisotopic (exact) mass is 340 g/mol. The second-order valence-electron chi connectivity index (χ2n) is 4.95. The molecule has 1 aliphatic heterocycles. The predicted octanol–water partition coefficient (Wildman–Crippen LogP) is 5.35. The molecule has 7 heteroatoms. The van der Waals surface area contributed by atoms with Gasteiger partial charge in [0.05, 0.1) is 25.9 Å². The number of nitrogens with one attached hydrogen (secondary N) is 1. The molecule has 2 atom stereocenters. The van der Waals surface area contributed by atoms with Crippen LogP contribution in [0.4, 0.5) is 11.4 Å². The molecule has 4 nitrogen and oxygen atoms in total. The normalized spacial score (nSPS) is 20.9. The molecule has 1 aromatic heterocycles. The smallest absolute Gasteiger partial charge is 0.271 e. The molecule has 1 aromatic carbocycles. The Kier molecular flexibility index (Phi) is 4.10. The van der Waals surface area contributed by atoms with Crippen LogP contribution in [0.2, 0.25) is 5.02 Å². The van der Waals surface area contributed by atoms with E-state index in [4.69, 9.17) is 11.6 Å². The summed E-state index contributed by atoms with van der Waals surface area (Å²) in [6.45, 7) is 2.19. The maximum atomic E-state index is 10.9. The van der Waals surface area contributed by atoms with E-state index in [1.807, 2.05) is 11.8 Å². The number of anilines is 1. The van der Waals surface area contributed by atoms with E-state index in [1.165, 1.54) is 21.9 Å². The number of benzene rings is 1. The van der Waals surface area contributed by atoms with Gasteiger partial charge < -0.3 is 5.32 Å². The first-order valence-electron chi connectivity index (χ1n) is 6.49. The Bertz CT molecular complexity index is 689. The van der Waals surface area contributed by atoms with Crippen molar-refractivity contribution < 1.29 is 4.92 Å². The molecule has 2 aromatic rings. The van der Waals surface area contributed by atoms with Gasteiger partial charge in [0, 0.05) is 17.4 Å². The fourth-order valence-corrected chi connectivity index (χ4v) is 5.15. The molecule has 1 unspecified atom stereocenters. The van der Waals surface area contributed by atoms with Crippen LogP contribution in [0.3, 0.4) is 0 Å². The predicted molar refractivity (Wildman–Crippen MR) is 88.7 cm³/mol. The zero-order valence-corrected chi connectivity index (χ0v) is 13.6. The third-order valence-electron chi connectivity index (χ3n) is 3.40. The topological polar surface area (TPSA) is 55.2 Å². The van der Waals surface area contributed by atoms with E-state index in [2.05, 4.69) is 23.7 Å². The summed E-state index contributed by atoms with van der Waals surface area (Å²) in [6, 6.07) is 6.74. The van der Waals surface area contributed by atoms with Gasteiger partial charge in [-0.15, -0.1) is 23.1 Å². The average molecular weight is 341 g/mol. The van der Waals surface area contributed by atoms with Crippen molar-refractivity contribution >= 4 is 46.1 Å². The maximum absolute atomic E-state index is 10.9. The fraction of sp³-hybridized carbons (Fsp3) is 0.286. The van der Waals surface area contributed by atoms with Crippen molar-refractivity contribution in [2.24, 2.45) is 0 Å². The summed E-state index contributed by atoms with van der Waals surface area (Å²) in [5, 5.41) is 17.4. The fourth-order valence-electron chi connectivity index (χ4n) is 2.41. The van der Waals surface area contributed by atoms with E-state index in [9.17, 15) is 10.1 Å². The number of hydrogen-bond donors (Lipinski definition) is 1. The third kappa shape index (κ3) is 3.02. The molecule has 0 saturated heterocycles. The first-order chi connectivity index (χ1) is 10.0. The third-order valence-corrected chi connectivity index (χ3v) is 6.07. The second-order valence-corrected chi connectivity index (χ2v) is 7.98. The Morgan fingerprint density at radius 3 is 3.00 bits per heavy atom. The van der Waals surface area contributed by atoms with E-state index in [0.29, 0.717) is 16.0 Å². The lowest BCUT2D eigenvalue weighted by Gasteiger charge is -2.28. The van der Waals surface area contributed by atoms with Gasteiger partial charge in [-0.05, 0) is 29.5 Å². The highest BCUT2D eigenvalue weighted by molar-refractivity contribution is 8.01. The van der Waals surface area contributed by atoms with Crippen LogP contribution in [0.15, 0.2) is 33.9 Å². The molecule has 2 heterocycles. The van der Waals surface area contributed by atoms with Crippen LogP contribution in [0.1, 0.15) is 24.9 Å². The van der Waals surface area contributed by atoms with Gasteiger partial charge in [0.15, 0.2) is 0 Å². The minimum Gasteiger partial charge on any atom is -0.377 e. The van der Waals surface area contributed by atoms with E-state index in [0.717, 1.165) is 6.42 Å². The van der Waals surface area contributed by atoms with Crippen molar-refractivity contribution in [3.8, 4) is 0 Å². The standard InChI is InChI=1S/C14H13ClN2O2S2/c1-8-6-12(10-4-5-20-14(10)21-8)16-13-7-9(17(18)19)2-3-11(13)15/h2-5,7-8,12,16H,6H2,1H3/t8-,12?/m0/s1. The number of nitro groups is 1. The van der Waals surface area contributed by atoms with Crippen molar-refractivity contribution in [2.45, 2.75) is 28.8 Å². The van der Waals surface area contributed by atoms with Crippen molar-refractivity contribution in [1.29, 1.82) is 0 Å². The summed E-state index contributed by atoms with van der Waals surface area (Å²) in [6.07, 6.45) is 0.966. The molecule has 0 radical (unpaired) electrons. The summed E-state index contributed by atoms with van der Waals surface area (Å²) < 4.78 is 1.31. The first kappa shape index (κ1) is 14.7. The van der Waals surface area contributed by atoms with E-state index in [1.54, 1.807) is 17.4 Å². The molecule has 0 aliphatic carbocycles. The quantitative estimate of drug-likeness (QED) is 0.604. The van der Waals surface area contributed by atoms with Crippen LogP contribution in [0.5, 0.6) is 0 Å². The molecule has 110 valence electrons. The molecule has 21 heavy (non-hydrogen) atoms. The molecule has 0 bridgehead atoms. The molecule has 0 amide bonds. The number of rotatable bonds is 3. The Hall–Kier alpha value is -1.24. The number of thiophene rings is 1. The van der Waals surface area contributed by atoms with Gasteiger partial charge in [-0.2, -0.15) is 0 Å². The second kappa shape index (κ2) is 5.87. The molecule has 0 spiro atoms. The largest absolute Gasteiger partial charge is 0.377 e. The van der Waals surface area contributed by atoms with Gasteiger partial charge in [-0.25, -0.2) is 0 Å². The number of fused-ring (bicyclic) bond motifs is 1. The van der Waals surface area contributed by atoms with Crippen molar-refractivity contribution in [3.63, 3.8) is 0 Å². The van der Waals surface area contributed by atoms with E-state index in [-0.39, 0.29) is 11.7 Å². The highest BCUT2D eigenvalue weighted by Crippen LogP contribution is 2.45. The summed E-state index contributed by atoms with van der Waals surface area (Å²) in [5.74, 6) is 0. The highest BCUT2D eigenvalue weighted by Gasteiger charge is 2.27. The first-order valence-corrected chi connectivity index (χ1v) is 8.63. The number of halogens is 1. The molecule has 0 saturated carbocycles. The minimum absolute atomic E-state index is 0.0469. The van der Waals surface area contributed by atoms with E-state index >= 15 is 0 Å². The van der Waals surface area contributed by atoms with Gasteiger partial charge >= 0.3 is 0 Å². The highest BCUT2D eigenvalue weighted by atomic mass is 35.5. The number of hydrogen-bond acceptors (Lipinski definition) is 5. The van der Waals surface area contributed by atoms with E-state index < -0.39 is 4.92 Å².